The van der Waals surface area contributed by atoms with Crippen LogP contribution in [0.25, 0.3) is 0 Å². The fourth-order valence-electron chi connectivity index (χ4n) is 2.90. The van der Waals surface area contributed by atoms with Crippen molar-refractivity contribution in [3.05, 3.63) is 11.8 Å². The van der Waals surface area contributed by atoms with Crippen LogP contribution in [0, 0.1) is 5.41 Å². The molecule has 0 unspecified atom stereocenters. The van der Waals surface area contributed by atoms with E-state index in [1.807, 2.05) is 20.0 Å². The summed E-state index contributed by atoms with van der Waals surface area (Å²) in [5.41, 5.74) is 1.69. The predicted octanol–water partition coefficient (Wildman–Crippen LogP) is 2.16. The quantitative estimate of drug-likeness (QED) is 0.766. The minimum Gasteiger partial charge on any atom is -0.388 e. The molecule has 1 saturated carbocycles. The first kappa shape index (κ1) is 14.5. The first-order valence-corrected chi connectivity index (χ1v) is 7.47. The van der Waals surface area contributed by atoms with Gasteiger partial charge in [0.2, 0.25) is 0 Å². The topological polar surface area (TPSA) is 48.4 Å². The Labute approximate surface area is 116 Å². The average Bonchev–Trinajstić information content (AvgIpc) is 2.46. The van der Waals surface area contributed by atoms with Crippen LogP contribution in [0.5, 0.6) is 0 Å². The Balaban J connectivity index is 1.73. The molecule has 0 bridgehead atoms. The number of allylic oxidation sites excluding steroid dienone is 1. The van der Waals surface area contributed by atoms with Gasteiger partial charge in [-0.1, -0.05) is 0 Å². The van der Waals surface area contributed by atoms with Crippen LogP contribution in [0.3, 0.4) is 0 Å². The summed E-state index contributed by atoms with van der Waals surface area (Å²) in [5.74, 6) is 0. The Bertz CT molecular complexity index is 326. The van der Waals surface area contributed by atoms with Gasteiger partial charge in [-0.3, -0.25) is 4.90 Å². The van der Waals surface area contributed by atoms with Gasteiger partial charge in [-0.15, -0.1) is 0 Å². The molecule has 1 aliphatic carbocycles. The van der Waals surface area contributed by atoms with Gasteiger partial charge in [-0.25, -0.2) is 0 Å². The Morgan fingerprint density at radius 1 is 1.16 bits per heavy atom. The van der Waals surface area contributed by atoms with Crippen LogP contribution >= 0.6 is 0 Å². The van der Waals surface area contributed by atoms with E-state index in [-0.39, 0.29) is 0 Å². The maximum atomic E-state index is 7.56. The number of nitrogens with one attached hydrogen (secondary N) is 2. The van der Waals surface area contributed by atoms with Crippen molar-refractivity contribution in [3.8, 4) is 0 Å². The van der Waals surface area contributed by atoms with E-state index < -0.39 is 0 Å². The number of hydrogen-bond acceptors (Lipinski definition) is 4. The Morgan fingerprint density at radius 3 is 2.37 bits per heavy atom. The molecule has 2 fully saturated rings. The van der Waals surface area contributed by atoms with E-state index in [4.69, 9.17) is 10.1 Å². The third kappa shape index (κ3) is 4.32. The summed E-state index contributed by atoms with van der Waals surface area (Å²) >= 11 is 0. The number of morpholine rings is 1. The van der Waals surface area contributed by atoms with Crippen molar-refractivity contribution in [3.63, 3.8) is 0 Å². The summed E-state index contributed by atoms with van der Waals surface area (Å²) < 4.78 is 5.42. The molecule has 0 amide bonds. The zero-order valence-corrected chi connectivity index (χ0v) is 12.2. The summed E-state index contributed by atoms with van der Waals surface area (Å²) in [6, 6.07) is 1.35. The molecule has 2 N–H and O–H groups in total. The van der Waals surface area contributed by atoms with E-state index >= 15 is 0 Å². The Morgan fingerprint density at radius 2 is 1.79 bits per heavy atom. The van der Waals surface area contributed by atoms with Crippen molar-refractivity contribution < 1.29 is 4.74 Å². The summed E-state index contributed by atoms with van der Waals surface area (Å²) in [5, 5.41) is 11.0. The van der Waals surface area contributed by atoms with E-state index in [0.29, 0.717) is 11.8 Å². The Hall–Kier alpha value is -0.870. The minimum absolute atomic E-state index is 0.589. The van der Waals surface area contributed by atoms with Crippen LogP contribution in [0.4, 0.5) is 0 Å². The standard InChI is InChI=1S/C15H27N3O/c1-12(13(2)16)11-17-14-3-5-15(6-4-14)18-7-9-19-10-8-18/h11,14-17H,3-10H2,1-2H3/b12-11-,16-13?. The third-order valence-electron chi connectivity index (χ3n) is 4.39. The smallest absolute Gasteiger partial charge is 0.0594 e. The molecule has 1 saturated heterocycles. The van der Waals surface area contributed by atoms with Gasteiger partial charge in [0.1, 0.15) is 0 Å². The summed E-state index contributed by atoms with van der Waals surface area (Å²) in [6.07, 6.45) is 7.07. The molecular formula is C15H27N3O. The molecule has 0 aromatic heterocycles. The van der Waals surface area contributed by atoms with Crippen LogP contribution in [-0.4, -0.2) is 49.0 Å². The van der Waals surface area contributed by atoms with Gasteiger partial charge in [0.25, 0.3) is 0 Å². The number of rotatable bonds is 4. The highest BCUT2D eigenvalue weighted by Gasteiger charge is 2.26. The van der Waals surface area contributed by atoms with Crippen LogP contribution in [0.2, 0.25) is 0 Å². The maximum absolute atomic E-state index is 7.56. The van der Waals surface area contributed by atoms with Gasteiger partial charge >= 0.3 is 0 Å². The third-order valence-corrected chi connectivity index (χ3v) is 4.39. The highest BCUT2D eigenvalue weighted by molar-refractivity contribution is 5.94. The molecule has 0 radical (unpaired) electrons. The summed E-state index contributed by atoms with van der Waals surface area (Å²) in [6.45, 7) is 7.85. The van der Waals surface area contributed by atoms with E-state index in [1.165, 1.54) is 25.7 Å². The largest absolute Gasteiger partial charge is 0.388 e. The molecule has 0 spiro atoms. The first-order chi connectivity index (χ1) is 9.16. The van der Waals surface area contributed by atoms with Gasteiger partial charge < -0.3 is 15.5 Å². The predicted molar refractivity (Wildman–Crippen MR) is 78.7 cm³/mol. The zero-order chi connectivity index (χ0) is 13.7. The zero-order valence-electron chi connectivity index (χ0n) is 12.2. The lowest BCUT2D eigenvalue weighted by molar-refractivity contribution is 0.00690. The second-order valence-electron chi connectivity index (χ2n) is 5.77. The summed E-state index contributed by atoms with van der Waals surface area (Å²) in [4.78, 5) is 2.60. The molecule has 1 aliphatic heterocycles. The van der Waals surface area contributed by atoms with Crippen molar-refractivity contribution in [1.82, 2.24) is 10.2 Å². The van der Waals surface area contributed by atoms with E-state index in [1.54, 1.807) is 0 Å². The molecule has 108 valence electrons. The van der Waals surface area contributed by atoms with E-state index in [2.05, 4.69) is 10.2 Å². The molecular weight excluding hydrogens is 238 g/mol. The normalized spacial score (nSPS) is 30.1. The molecule has 2 rings (SSSR count). The number of ether oxygens (including phenoxy) is 1. The van der Waals surface area contributed by atoms with Crippen LogP contribution in [-0.2, 0) is 4.74 Å². The van der Waals surface area contributed by atoms with Gasteiger partial charge in [-0.2, -0.15) is 0 Å². The molecule has 0 aromatic carbocycles. The van der Waals surface area contributed by atoms with Crippen molar-refractivity contribution in [2.45, 2.75) is 51.6 Å². The fourth-order valence-corrected chi connectivity index (χ4v) is 2.90. The Kier molecular flexibility index (Phi) is 5.40. The second-order valence-corrected chi connectivity index (χ2v) is 5.77. The SMILES string of the molecule is CC(=N)/C(C)=C\NC1CCC(N2CCOCC2)CC1. The van der Waals surface area contributed by atoms with Crippen LogP contribution in [0.1, 0.15) is 39.5 Å². The molecule has 0 atom stereocenters. The number of nitrogens with zero attached hydrogens (tertiary/aromatic N) is 1. The van der Waals surface area contributed by atoms with Crippen molar-refractivity contribution >= 4 is 5.71 Å². The van der Waals surface area contributed by atoms with Gasteiger partial charge in [-0.05, 0) is 45.1 Å². The van der Waals surface area contributed by atoms with Crippen molar-refractivity contribution in [2.75, 3.05) is 26.3 Å². The number of hydrogen-bond donors (Lipinski definition) is 2. The first-order valence-electron chi connectivity index (χ1n) is 7.47. The van der Waals surface area contributed by atoms with E-state index in [9.17, 15) is 0 Å². The average molecular weight is 265 g/mol. The lowest BCUT2D eigenvalue weighted by Gasteiger charge is -2.38. The van der Waals surface area contributed by atoms with E-state index in [0.717, 1.165) is 37.9 Å². The molecule has 19 heavy (non-hydrogen) atoms. The molecule has 2 aliphatic rings. The highest BCUT2D eigenvalue weighted by atomic mass is 16.5. The summed E-state index contributed by atoms with van der Waals surface area (Å²) in [7, 11) is 0. The molecule has 4 nitrogen and oxygen atoms in total. The maximum Gasteiger partial charge on any atom is 0.0594 e. The van der Waals surface area contributed by atoms with Crippen molar-refractivity contribution in [1.29, 1.82) is 5.41 Å². The second kappa shape index (κ2) is 7.06. The van der Waals surface area contributed by atoms with Crippen LogP contribution in [0.15, 0.2) is 11.8 Å². The highest BCUT2D eigenvalue weighted by Crippen LogP contribution is 2.24. The minimum atomic E-state index is 0.589. The van der Waals surface area contributed by atoms with Crippen LogP contribution < -0.4 is 5.32 Å². The van der Waals surface area contributed by atoms with Gasteiger partial charge in [0.05, 0.1) is 13.2 Å². The van der Waals surface area contributed by atoms with Gasteiger partial charge in [0, 0.05) is 37.1 Å². The lowest BCUT2D eigenvalue weighted by Crippen LogP contribution is -2.46. The van der Waals surface area contributed by atoms with Gasteiger partial charge in [0.15, 0.2) is 0 Å². The lowest BCUT2D eigenvalue weighted by atomic mass is 9.90. The monoisotopic (exact) mass is 265 g/mol. The van der Waals surface area contributed by atoms with Crippen molar-refractivity contribution in [2.24, 2.45) is 0 Å². The fraction of sp³-hybridized carbons (Fsp3) is 0.800. The molecule has 1 heterocycles. The molecule has 4 heteroatoms. The molecule has 0 aromatic rings.